The van der Waals surface area contributed by atoms with E-state index in [-0.39, 0.29) is 6.04 Å². The van der Waals surface area contributed by atoms with Gasteiger partial charge in [0.15, 0.2) is 0 Å². The average molecular weight is 274 g/mol. The fourth-order valence-electron chi connectivity index (χ4n) is 0.970. The summed E-state index contributed by atoms with van der Waals surface area (Å²) < 4.78 is 1.22. The first-order valence-corrected chi connectivity index (χ1v) is 4.70. The quantitative estimate of drug-likeness (QED) is 0.383. The molecule has 0 amide bonds. The zero-order valence-corrected chi connectivity index (χ0v) is 8.78. The van der Waals surface area contributed by atoms with E-state index in [0.29, 0.717) is 0 Å². The molecule has 1 rings (SSSR count). The first kappa shape index (κ1) is 9.70. The van der Waals surface area contributed by atoms with E-state index in [0.717, 1.165) is 5.56 Å². The number of halogens is 1. The van der Waals surface area contributed by atoms with Gasteiger partial charge in [-0.05, 0) is 40.3 Å². The molecular formula is C9H11IN2. The third-order valence-electron chi connectivity index (χ3n) is 1.64. The van der Waals surface area contributed by atoms with Gasteiger partial charge in [0.1, 0.15) is 0 Å². The minimum Gasteiger partial charge on any atom is -0.271 e. The van der Waals surface area contributed by atoms with Gasteiger partial charge >= 0.3 is 0 Å². The summed E-state index contributed by atoms with van der Waals surface area (Å²) in [6.07, 6.45) is 1.78. The van der Waals surface area contributed by atoms with Crippen LogP contribution >= 0.6 is 22.6 Å². The van der Waals surface area contributed by atoms with Crippen LogP contribution < -0.4 is 11.3 Å². The Morgan fingerprint density at radius 3 is 2.42 bits per heavy atom. The number of hydrogen-bond acceptors (Lipinski definition) is 2. The first-order chi connectivity index (χ1) is 5.77. The lowest BCUT2D eigenvalue weighted by atomic mass is 10.1. The predicted octanol–water partition coefficient (Wildman–Crippen LogP) is 1.98. The second-order valence-corrected chi connectivity index (χ2v) is 3.68. The molecule has 0 saturated carbocycles. The Labute approximate surface area is 86.0 Å². The van der Waals surface area contributed by atoms with Gasteiger partial charge in [0, 0.05) is 3.57 Å². The van der Waals surface area contributed by atoms with Crippen LogP contribution in [0.25, 0.3) is 0 Å². The van der Waals surface area contributed by atoms with Crippen LogP contribution in [0.15, 0.2) is 36.9 Å². The Balaban J connectivity index is 2.87. The van der Waals surface area contributed by atoms with Crippen molar-refractivity contribution in [3.05, 3.63) is 46.1 Å². The first-order valence-electron chi connectivity index (χ1n) is 3.62. The Kier molecular flexibility index (Phi) is 3.71. The maximum atomic E-state index is 5.33. The van der Waals surface area contributed by atoms with Crippen LogP contribution in [0, 0.1) is 3.57 Å². The molecule has 0 heterocycles. The van der Waals surface area contributed by atoms with Crippen LogP contribution in [0.1, 0.15) is 11.6 Å². The molecule has 0 fully saturated rings. The third-order valence-corrected chi connectivity index (χ3v) is 2.36. The maximum Gasteiger partial charge on any atom is 0.0638 e. The Bertz CT molecular complexity index is 256. The van der Waals surface area contributed by atoms with Crippen molar-refractivity contribution in [3.63, 3.8) is 0 Å². The van der Waals surface area contributed by atoms with E-state index in [4.69, 9.17) is 5.84 Å². The van der Waals surface area contributed by atoms with E-state index in [9.17, 15) is 0 Å². The lowest BCUT2D eigenvalue weighted by molar-refractivity contribution is 0.657. The molecule has 12 heavy (non-hydrogen) atoms. The summed E-state index contributed by atoms with van der Waals surface area (Å²) in [6, 6.07) is 8.21. The summed E-state index contributed by atoms with van der Waals surface area (Å²) in [5, 5.41) is 0. The van der Waals surface area contributed by atoms with E-state index in [1.165, 1.54) is 3.57 Å². The van der Waals surface area contributed by atoms with Crippen LogP contribution in [-0.2, 0) is 0 Å². The average Bonchev–Trinajstić information content (AvgIpc) is 2.10. The molecule has 0 aliphatic heterocycles. The van der Waals surface area contributed by atoms with Crippen molar-refractivity contribution in [2.45, 2.75) is 6.04 Å². The normalized spacial score (nSPS) is 12.5. The molecule has 2 nitrogen and oxygen atoms in total. The Morgan fingerprint density at radius 2 is 2.00 bits per heavy atom. The minimum atomic E-state index is 0.0435. The zero-order valence-electron chi connectivity index (χ0n) is 6.63. The van der Waals surface area contributed by atoms with Gasteiger partial charge in [-0.15, -0.1) is 6.58 Å². The molecule has 1 aromatic carbocycles. The van der Waals surface area contributed by atoms with Gasteiger partial charge in [-0.1, -0.05) is 18.2 Å². The van der Waals surface area contributed by atoms with Gasteiger partial charge in [-0.25, -0.2) is 5.43 Å². The molecule has 1 atom stereocenters. The molecule has 0 saturated heterocycles. The molecular weight excluding hydrogens is 263 g/mol. The van der Waals surface area contributed by atoms with Crippen LogP contribution in [0.2, 0.25) is 0 Å². The summed E-state index contributed by atoms with van der Waals surface area (Å²) in [4.78, 5) is 0. The highest BCUT2D eigenvalue weighted by atomic mass is 127. The second kappa shape index (κ2) is 4.59. The van der Waals surface area contributed by atoms with Crippen LogP contribution in [0.4, 0.5) is 0 Å². The van der Waals surface area contributed by atoms with Gasteiger partial charge in [0.2, 0.25) is 0 Å². The zero-order chi connectivity index (χ0) is 8.97. The van der Waals surface area contributed by atoms with E-state index in [1.807, 2.05) is 24.3 Å². The van der Waals surface area contributed by atoms with Crippen LogP contribution in [0.5, 0.6) is 0 Å². The standard InChI is InChI=1S/C9H11IN2/c1-2-9(12-11)7-3-5-8(10)6-4-7/h2-6,9,12H,1,11H2. The summed E-state index contributed by atoms with van der Waals surface area (Å²) in [7, 11) is 0. The highest BCUT2D eigenvalue weighted by Gasteiger charge is 2.02. The van der Waals surface area contributed by atoms with Crippen molar-refractivity contribution in [1.29, 1.82) is 0 Å². The van der Waals surface area contributed by atoms with E-state index in [1.54, 1.807) is 6.08 Å². The fraction of sp³-hybridized carbons (Fsp3) is 0.111. The molecule has 0 radical (unpaired) electrons. The van der Waals surface area contributed by atoms with Gasteiger partial charge in [0.05, 0.1) is 6.04 Å². The molecule has 0 spiro atoms. The van der Waals surface area contributed by atoms with Crippen molar-refractivity contribution in [3.8, 4) is 0 Å². The molecule has 0 bridgehead atoms. The number of hydrogen-bond donors (Lipinski definition) is 2. The monoisotopic (exact) mass is 274 g/mol. The highest BCUT2D eigenvalue weighted by molar-refractivity contribution is 14.1. The summed E-state index contributed by atoms with van der Waals surface area (Å²) in [6.45, 7) is 3.69. The van der Waals surface area contributed by atoms with Crippen molar-refractivity contribution >= 4 is 22.6 Å². The molecule has 1 unspecified atom stereocenters. The van der Waals surface area contributed by atoms with Crippen molar-refractivity contribution in [2.24, 2.45) is 5.84 Å². The van der Waals surface area contributed by atoms with Gasteiger partial charge in [0.25, 0.3) is 0 Å². The lowest BCUT2D eigenvalue weighted by Gasteiger charge is -2.10. The summed E-state index contributed by atoms with van der Waals surface area (Å²) >= 11 is 2.27. The summed E-state index contributed by atoms with van der Waals surface area (Å²) in [5.41, 5.74) is 3.80. The van der Waals surface area contributed by atoms with Crippen LogP contribution in [-0.4, -0.2) is 0 Å². The van der Waals surface area contributed by atoms with E-state index >= 15 is 0 Å². The van der Waals surface area contributed by atoms with Crippen LogP contribution in [0.3, 0.4) is 0 Å². The largest absolute Gasteiger partial charge is 0.271 e. The number of hydrazine groups is 1. The predicted molar refractivity (Wildman–Crippen MR) is 59.4 cm³/mol. The Morgan fingerprint density at radius 1 is 1.42 bits per heavy atom. The molecule has 64 valence electrons. The molecule has 0 aromatic heterocycles. The molecule has 0 aliphatic carbocycles. The SMILES string of the molecule is C=CC(NN)c1ccc(I)cc1. The summed E-state index contributed by atoms with van der Waals surface area (Å²) in [5.74, 6) is 5.33. The van der Waals surface area contributed by atoms with Gasteiger partial charge in [-0.3, -0.25) is 5.84 Å². The number of nitrogens with two attached hydrogens (primary N) is 1. The minimum absolute atomic E-state index is 0.0435. The number of benzene rings is 1. The van der Waals surface area contributed by atoms with E-state index in [2.05, 4.69) is 34.6 Å². The van der Waals surface area contributed by atoms with Crippen molar-refractivity contribution in [2.75, 3.05) is 0 Å². The van der Waals surface area contributed by atoms with Crippen molar-refractivity contribution in [1.82, 2.24) is 5.43 Å². The Hall–Kier alpha value is -0.390. The highest BCUT2D eigenvalue weighted by Crippen LogP contribution is 2.14. The maximum absolute atomic E-state index is 5.33. The second-order valence-electron chi connectivity index (χ2n) is 2.43. The third kappa shape index (κ3) is 2.30. The molecule has 3 N–H and O–H groups in total. The topological polar surface area (TPSA) is 38.0 Å². The lowest BCUT2D eigenvalue weighted by Crippen LogP contribution is -2.26. The molecule has 1 aromatic rings. The smallest absolute Gasteiger partial charge is 0.0638 e. The molecule has 0 aliphatic rings. The van der Waals surface area contributed by atoms with Gasteiger partial charge in [-0.2, -0.15) is 0 Å². The van der Waals surface area contributed by atoms with Gasteiger partial charge < -0.3 is 0 Å². The number of nitrogens with one attached hydrogen (secondary N) is 1. The number of rotatable bonds is 3. The fourth-order valence-corrected chi connectivity index (χ4v) is 1.33. The van der Waals surface area contributed by atoms with E-state index < -0.39 is 0 Å². The van der Waals surface area contributed by atoms with Crippen molar-refractivity contribution < 1.29 is 0 Å². The molecule has 3 heteroatoms.